The highest BCUT2D eigenvalue weighted by Gasteiger charge is 2.19. The van der Waals surface area contributed by atoms with Crippen molar-refractivity contribution in [2.45, 2.75) is 19.9 Å². The van der Waals surface area contributed by atoms with Gasteiger partial charge in [-0.15, -0.1) is 0 Å². The zero-order valence-corrected chi connectivity index (χ0v) is 10.8. The fraction of sp³-hybridized carbons (Fsp3) is 0.308. The maximum absolute atomic E-state index is 13.9. The second-order valence-corrected chi connectivity index (χ2v) is 4.86. The van der Waals surface area contributed by atoms with E-state index in [1.165, 1.54) is 6.07 Å². The lowest BCUT2D eigenvalue weighted by Gasteiger charge is -2.16. The van der Waals surface area contributed by atoms with Gasteiger partial charge in [0, 0.05) is 29.4 Å². The second kappa shape index (κ2) is 4.28. The number of rotatable bonds is 1. The summed E-state index contributed by atoms with van der Waals surface area (Å²) in [6.07, 6.45) is 1.06. The zero-order chi connectivity index (χ0) is 12.7. The summed E-state index contributed by atoms with van der Waals surface area (Å²) in [5.41, 5.74) is 2.10. The third-order valence-electron chi connectivity index (χ3n) is 3.25. The first-order valence-corrected chi connectivity index (χ1v) is 6.31. The van der Waals surface area contributed by atoms with E-state index in [2.05, 4.69) is 14.9 Å². The maximum Gasteiger partial charge on any atom is 0.203 e. The first kappa shape index (κ1) is 11.5. The van der Waals surface area contributed by atoms with Crippen LogP contribution in [0.1, 0.15) is 12.1 Å². The fourth-order valence-electron chi connectivity index (χ4n) is 2.31. The molecule has 1 aromatic heterocycles. The molecule has 3 nitrogen and oxygen atoms in total. The molecule has 0 saturated heterocycles. The highest BCUT2D eigenvalue weighted by molar-refractivity contribution is 6.30. The minimum absolute atomic E-state index is 0.294. The van der Waals surface area contributed by atoms with E-state index in [1.54, 1.807) is 12.1 Å². The first-order chi connectivity index (χ1) is 8.66. The van der Waals surface area contributed by atoms with Crippen molar-refractivity contribution in [1.82, 2.24) is 9.55 Å². The monoisotopic (exact) mass is 265 g/mol. The Morgan fingerprint density at radius 1 is 1.44 bits per heavy atom. The third-order valence-corrected chi connectivity index (χ3v) is 3.48. The summed E-state index contributed by atoms with van der Waals surface area (Å²) in [5, 5.41) is 3.74. The van der Waals surface area contributed by atoms with Gasteiger partial charge in [-0.1, -0.05) is 11.6 Å². The van der Waals surface area contributed by atoms with Gasteiger partial charge in [-0.05, 0) is 31.5 Å². The van der Waals surface area contributed by atoms with Crippen LogP contribution in [0.25, 0.3) is 11.3 Å². The van der Waals surface area contributed by atoms with Crippen LogP contribution in [0.3, 0.4) is 0 Å². The van der Waals surface area contributed by atoms with Crippen LogP contribution in [0.4, 0.5) is 10.3 Å². The number of hydrogen-bond acceptors (Lipinski definition) is 2. The molecule has 1 aliphatic rings. The molecule has 0 saturated carbocycles. The predicted molar refractivity (Wildman–Crippen MR) is 70.5 cm³/mol. The van der Waals surface area contributed by atoms with E-state index in [4.69, 9.17) is 11.6 Å². The van der Waals surface area contributed by atoms with Gasteiger partial charge in [0.15, 0.2) is 0 Å². The molecule has 1 aromatic carbocycles. The number of anilines is 1. The lowest BCUT2D eigenvalue weighted by Crippen LogP contribution is -2.17. The molecule has 18 heavy (non-hydrogen) atoms. The van der Waals surface area contributed by atoms with Crippen LogP contribution in [0.15, 0.2) is 18.2 Å². The average Bonchev–Trinajstić information content (AvgIpc) is 2.71. The zero-order valence-electron chi connectivity index (χ0n) is 10.0. The average molecular weight is 266 g/mol. The van der Waals surface area contributed by atoms with Gasteiger partial charge in [-0.25, -0.2) is 9.37 Å². The number of imidazole rings is 1. The summed E-state index contributed by atoms with van der Waals surface area (Å²) < 4.78 is 16.0. The maximum atomic E-state index is 13.9. The minimum atomic E-state index is -0.294. The highest BCUT2D eigenvalue weighted by atomic mass is 35.5. The van der Waals surface area contributed by atoms with E-state index in [0.29, 0.717) is 16.3 Å². The lowest BCUT2D eigenvalue weighted by molar-refractivity contribution is 0.614. The molecule has 2 aromatic rings. The van der Waals surface area contributed by atoms with Crippen LogP contribution in [-0.2, 0) is 6.54 Å². The fourth-order valence-corrected chi connectivity index (χ4v) is 2.49. The molecule has 0 spiro atoms. The second-order valence-electron chi connectivity index (χ2n) is 4.43. The summed E-state index contributed by atoms with van der Waals surface area (Å²) in [6, 6.07) is 4.55. The quantitative estimate of drug-likeness (QED) is 0.856. The largest absolute Gasteiger partial charge is 0.356 e. The van der Waals surface area contributed by atoms with Crippen molar-refractivity contribution in [2.75, 3.05) is 11.9 Å². The first-order valence-electron chi connectivity index (χ1n) is 5.93. The Labute approximate surface area is 110 Å². The van der Waals surface area contributed by atoms with Crippen molar-refractivity contribution in [3.8, 4) is 11.3 Å². The Hall–Kier alpha value is -1.55. The molecule has 0 bridgehead atoms. The molecule has 0 unspecified atom stereocenters. The van der Waals surface area contributed by atoms with Crippen molar-refractivity contribution in [3.05, 3.63) is 34.7 Å². The summed E-state index contributed by atoms with van der Waals surface area (Å²) in [6.45, 7) is 3.79. The summed E-state index contributed by atoms with van der Waals surface area (Å²) in [4.78, 5) is 4.48. The number of nitrogens with one attached hydrogen (secondary N) is 1. The van der Waals surface area contributed by atoms with Gasteiger partial charge in [0.25, 0.3) is 0 Å². The molecule has 94 valence electrons. The minimum Gasteiger partial charge on any atom is -0.356 e. The molecule has 1 N–H and O–H groups in total. The Bertz CT molecular complexity index is 607. The number of fused-ring (bicyclic) bond motifs is 1. The van der Waals surface area contributed by atoms with Gasteiger partial charge in [0.1, 0.15) is 5.82 Å². The van der Waals surface area contributed by atoms with Gasteiger partial charge in [0.2, 0.25) is 5.95 Å². The van der Waals surface area contributed by atoms with Crippen molar-refractivity contribution < 1.29 is 4.39 Å². The van der Waals surface area contributed by atoms with E-state index in [1.807, 2.05) is 6.92 Å². The van der Waals surface area contributed by atoms with E-state index < -0.39 is 0 Å². The number of aromatic nitrogens is 2. The van der Waals surface area contributed by atoms with Crippen molar-refractivity contribution >= 4 is 17.5 Å². The van der Waals surface area contributed by atoms with E-state index in [9.17, 15) is 4.39 Å². The van der Waals surface area contributed by atoms with Gasteiger partial charge in [0.05, 0.1) is 5.69 Å². The lowest BCUT2D eigenvalue weighted by atomic mass is 10.1. The van der Waals surface area contributed by atoms with Gasteiger partial charge >= 0.3 is 0 Å². The SMILES string of the molecule is Cc1c(-c2cc(Cl)ccc2F)nc2n1CCCN2. The Balaban J connectivity index is 2.17. The van der Waals surface area contributed by atoms with Crippen molar-refractivity contribution in [1.29, 1.82) is 0 Å². The molecule has 1 aliphatic heterocycles. The van der Waals surface area contributed by atoms with E-state index in [-0.39, 0.29) is 5.82 Å². The number of hydrogen-bond donors (Lipinski definition) is 1. The molecular formula is C13H13ClFN3. The van der Waals surface area contributed by atoms with Crippen LogP contribution in [0.2, 0.25) is 5.02 Å². The van der Waals surface area contributed by atoms with Crippen LogP contribution in [-0.4, -0.2) is 16.1 Å². The highest BCUT2D eigenvalue weighted by Crippen LogP contribution is 2.31. The molecule has 3 rings (SSSR count). The molecule has 0 amide bonds. The van der Waals surface area contributed by atoms with E-state index >= 15 is 0 Å². The molecule has 0 fully saturated rings. The Morgan fingerprint density at radius 2 is 2.28 bits per heavy atom. The van der Waals surface area contributed by atoms with Crippen LogP contribution in [0.5, 0.6) is 0 Å². The number of halogens is 2. The smallest absolute Gasteiger partial charge is 0.203 e. The molecule has 5 heteroatoms. The summed E-state index contributed by atoms with van der Waals surface area (Å²) in [5.74, 6) is 0.520. The van der Waals surface area contributed by atoms with Crippen molar-refractivity contribution in [3.63, 3.8) is 0 Å². The summed E-state index contributed by atoms with van der Waals surface area (Å²) >= 11 is 5.93. The summed E-state index contributed by atoms with van der Waals surface area (Å²) in [7, 11) is 0. The molecule has 0 atom stereocenters. The van der Waals surface area contributed by atoms with Gasteiger partial charge < -0.3 is 9.88 Å². The Morgan fingerprint density at radius 3 is 3.06 bits per heavy atom. The molecule has 0 radical (unpaired) electrons. The van der Waals surface area contributed by atoms with Gasteiger partial charge in [-0.2, -0.15) is 0 Å². The normalized spacial score (nSPS) is 14.2. The predicted octanol–water partition coefficient (Wildman–Crippen LogP) is 3.47. The standard InChI is InChI=1S/C13H13ClFN3/c1-8-12(10-7-9(14)3-4-11(10)15)17-13-16-5-2-6-18(8)13/h3-4,7H,2,5-6H2,1H3,(H,16,17). The van der Waals surface area contributed by atoms with Crippen LogP contribution >= 0.6 is 11.6 Å². The number of nitrogens with zero attached hydrogens (tertiary/aromatic N) is 2. The van der Waals surface area contributed by atoms with E-state index in [0.717, 1.165) is 31.2 Å². The third kappa shape index (κ3) is 1.77. The Kier molecular flexibility index (Phi) is 2.74. The van der Waals surface area contributed by atoms with Crippen LogP contribution in [0, 0.1) is 12.7 Å². The molecule has 0 aliphatic carbocycles. The number of benzene rings is 1. The molecule has 2 heterocycles. The van der Waals surface area contributed by atoms with Gasteiger partial charge in [-0.3, -0.25) is 0 Å². The van der Waals surface area contributed by atoms with Crippen molar-refractivity contribution in [2.24, 2.45) is 0 Å². The topological polar surface area (TPSA) is 29.9 Å². The molecular weight excluding hydrogens is 253 g/mol. The van der Waals surface area contributed by atoms with Crippen LogP contribution < -0.4 is 5.32 Å².